The van der Waals surface area contributed by atoms with Crippen LogP contribution >= 0.6 is 0 Å². The lowest BCUT2D eigenvalue weighted by atomic mass is 9.82. The molecule has 0 aromatic heterocycles. The molecule has 2 unspecified atom stereocenters. The summed E-state index contributed by atoms with van der Waals surface area (Å²) in [4.78, 5) is 13.0. The molecule has 0 radical (unpaired) electrons. The highest BCUT2D eigenvalue weighted by molar-refractivity contribution is 5.51. The number of non-ortho nitro benzene ring substituents is 1. The summed E-state index contributed by atoms with van der Waals surface area (Å²) < 4.78 is 0. The number of hydrogen-bond acceptors (Lipinski definition) is 4. The van der Waals surface area contributed by atoms with Crippen LogP contribution < -0.4 is 5.32 Å². The van der Waals surface area contributed by atoms with Crippen molar-refractivity contribution in [2.45, 2.75) is 50.2 Å². The Morgan fingerprint density at radius 3 is 2.65 bits per heavy atom. The molecule has 2 aliphatic heterocycles. The van der Waals surface area contributed by atoms with E-state index in [9.17, 15) is 10.1 Å². The van der Waals surface area contributed by atoms with E-state index < -0.39 is 0 Å². The third kappa shape index (κ3) is 2.63. The SMILES string of the molecule is CN1C2CCCC1CC(Nc1cccc([N+](=O)[O-])c1)C2. The Kier molecular flexibility index (Phi) is 3.61. The van der Waals surface area contributed by atoms with Gasteiger partial charge in [0.25, 0.3) is 5.69 Å². The Bertz CT molecular complexity index is 492. The molecule has 2 fully saturated rings. The van der Waals surface area contributed by atoms with Gasteiger partial charge in [0, 0.05) is 35.9 Å². The Balaban J connectivity index is 1.69. The second kappa shape index (κ2) is 5.40. The monoisotopic (exact) mass is 275 g/mol. The van der Waals surface area contributed by atoms with Crippen molar-refractivity contribution < 1.29 is 4.92 Å². The third-order valence-electron chi connectivity index (χ3n) is 4.77. The maximum Gasteiger partial charge on any atom is 0.271 e. The number of anilines is 1. The van der Waals surface area contributed by atoms with Crippen LogP contribution in [0, 0.1) is 10.1 Å². The van der Waals surface area contributed by atoms with Crippen LogP contribution in [0.1, 0.15) is 32.1 Å². The second-order valence-corrected chi connectivity index (χ2v) is 6.02. The fourth-order valence-electron chi connectivity index (χ4n) is 3.68. The lowest BCUT2D eigenvalue weighted by Crippen LogP contribution is -2.52. The molecule has 0 amide bonds. The van der Waals surface area contributed by atoms with Gasteiger partial charge in [-0.2, -0.15) is 0 Å². The molecular weight excluding hydrogens is 254 g/mol. The lowest BCUT2D eigenvalue weighted by Gasteiger charge is -2.47. The Hall–Kier alpha value is -1.62. The maximum absolute atomic E-state index is 10.8. The summed E-state index contributed by atoms with van der Waals surface area (Å²) in [6, 6.07) is 8.60. The zero-order valence-electron chi connectivity index (χ0n) is 11.8. The summed E-state index contributed by atoms with van der Waals surface area (Å²) >= 11 is 0. The van der Waals surface area contributed by atoms with Gasteiger partial charge in [0.2, 0.25) is 0 Å². The van der Waals surface area contributed by atoms with E-state index in [-0.39, 0.29) is 10.6 Å². The normalized spacial score (nSPS) is 29.9. The second-order valence-electron chi connectivity index (χ2n) is 6.02. The number of nitro benzene ring substituents is 1. The van der Waals surface area contributed by atoms with Gasteiger partial charge in [0.1, 0.15) is 0 Å². The van der Waals surface area contributed by atoms with Crippen LogP contribution in [0.3, 0.4) is 0 Å². The lowest BCUT2D eigenvalue weighted by molar-refractivity contribution is -0.384. The third-order valence-corrected chi connectivity index (χ3v) is 4.77. The number of nitrogens with zero attached hydrogens (tertiary/aromatic N) is 2. The Morgan fingerprint density at radius 1 is 1.30 bits per heavy atom. The fourth-order valence-corrected chi connectivity index (χ4v) is 3.68. The standard InChI is InChI=1S/C15H21N3O2/c1-17-13-5-3-6-14(17)10-12(9-13)16-11-4-2-7-15(8-11)18(19)20/h2,4,7-8,12-14,16H,3,5-6,9-10H2,1H3. The van der Waals surface area contributed by atoms with E-state index in [2.05, 4.69) is 17.3 Å². The first-order valence-corrected chi connectivity index (χ1v) is 7.36. The van der Waals surface area contributed by atoms with E-state index in [0.29, 0.717) is 18.1 Å². The molecule has 5 heteroatoms. The number of piperidine rings is 2. The van der Waals surface area contributed by atoms with Crippen LogP contribution in [-0.4, -0.2) is 35.0 Å². The molecule has 5 nitrogen and oxygen atoms in total. The van der Waals surface area contributed by atoms with Crippen molar-refractivity contribution in [2.24, 2.45) is 0 Å². The quantitative estimate of drug-likeness (QED) is 0.680. The molecular formula is C15H21N3O2. The van der Waals surface area contributed by atoms with Gasteiger partial charge in [0.05, 0.1) is 4.92 Å². The molecule has 0 saturated carbocycles. The average molecular weight is 275 g/mol. The van der Waals surface area contributed by atoms with Crippen molar-refractivity contribution in [1.82, 2.24) is 4.90 Å². The predicted octanol–water partition coefficient (Wildman–Crippen LogP) is 3.02. The molecule has 1 aromatic carbocycles. The van der Waals surface area contributed by atoms with Crippen LogP contribution in [0.5, 0.6) is 0 Å². The van der Waals surface area contributed by atoms with Gasteiger partial charge < -0.3 is 10.2 Å². The van der Waals surface area contributed by atoms with Crippen LogP contribution in [0.2, 0.25) is 0 Å². The van der Waals surface area contributed by atoms with E-state index in [1.165, 1.54) is 25.3 Å². The molecule has 1 aromatic rings. The van der Waals surface area contributed by atoms with E-state index in [1.807, 2.05) is 6.07 Å². The minimum absolute atomic E-state index is 0.156. The number of nitro groups is 1. The summed E-state index contributed by atoms with van der Waals surface area (Å²) in [6.45, 7) is 0. The molecule has 2 bridgehead atoms. The molecule has 3 rings (SSSR count). The van der Waals surface area contributed by atoms with Gasteiger partial charge in [-0.15, -0.1) is 0 Å². The molecule has 108 valence electrons. The van der Waals surface area contributed by atoms with E-state index in [4.69, 9.17) is 0 Å². The Labute approximate surface area is 119 Å². The molecule has 2 aliphatic rings. The highest BCUT2D eigenvalue weighted by Gasteiger charge is 2.35. The first-order valence-electron chi connectivity index (χ1n) is 7.36. The fraction of sp³-hybridized carbons (Fsp3) is 0.600. The van der Waals surface area contributed by atoms with Crippen LogP contribution in [0.4, 0.5) is 11.4 Å². The minimum Gasteiger partial charge on any atom is -0.382 e. The zero-order chi connectivity index (χ0) is 14.1. The van der Waals surface area contributed by atoms with Crippen molar-refractivity contribution in [3.8, 4) is 0 Å². The van der Waals surface area contributed by atoms with Crippen molar-refractivity contribution in [3.05, 3.63) is 34.4 Å². The predicted molar refractivity (Wildman–Crippen MR) is 78.9 cm³/mol. The van der Waals surface area contributed by atoms with Crippen molar-refractivity contribution in [3.63, 3.8) is 0 Å². The number of rotatable bonds is 3. The minimum atomic E-state index is -0.339. The smallest absolute Gasteiger partial charge is 0.271 e. The Morgan fingerprint density at radius 2 is 2.00 bits per heavy atom. The highest BCUT2D eigenvalue weighted by Crippen LogP contribution is 2.34. The van der Waals surface area contributed by atoms with Crippen molar-refractivity contribution >= 4 is 11.4 Å². The van der Waals surface area contributed by atoms with Crippen LogP contribution in [0.15, 0.2) is 24.3 Å². The number of nitrogens with one attached hydrogen (secondary N) is 1. The summed E-state index contributed by atoms with van der Waals surface area (Å²) in [6.07, 6.45) is 6.16. The first-order chi connectivity index (χ1) is 9.63. The number of hydrogen-bond donors (Lipinski definition) is 1. The van der Waals surface area contributed by atoms with Gasteiger partial charge >= 0.3 is 0 Å². The highest BCUT2D eigenvalue weighted by atomic mass is 16.6. The number of benzene rings is 1. The van der Waals surface area contributed by atoms with E-state index in [1.54, 1.807) is 12.1 Å². The van der Waals surface area contributed by atoms with Crippen LogP contribution in [0.25, 0.3) is 0 Å². The summed E-state index contributed by atoms with van der Waals surface area (Å²) in [7, 11) is 2.23. The molecule has 20 heavy (non-hydrogen) atoms. The van der Waals surface area contributed by atoms with Crippen molar-refractivity contribution in [1.29, 1.82) is 0 Å². The first kappa shape index (κ1) is 13.4. The molecule has 2 atom stereocenters. The van der Waals surface area contributed by atoms with E-state index >= 15 is 0 Å². The maximum atomic E-state index is 10.8. The molecule has 0 aliphatic carbocycles. The topological polar surface area (TPSA) is 58.4 Å². The van der Waals surface area contributed by atoms with Gasteiger partial charge in [-0.1, -0.05) is 12.5 Å². The molecule has 0 spiro atoms. The van der Waals surface area contributed by atoms with E-state index in [0.717, 1.165) is 18.5 Å². The van der Waals surface area contributed by atoms with Gasteiger partial charge in [0.15, 0.2) is 0 Å². The van der Waals surface area contributed by atoms with Gasteiger partial charge in [-0.25, -0.2) is 0 Å². The number of fused-ring (bicyclic) bond motifs is 2. The molecule has 2 heterocycles. The average Bonchev–Trinajstić information content (AvgIpc) is 2.40. The van der Waals surface area contributed by atoms with Crippen molar-refractivity contribution in [2.75, 3.05) is 12.4 Å². The summed E-state index contributed by atoms with van der Waals surface area (Å²) in [5, 5.41) is 14.3. The molecule has 2 saturated heterocycles. The summed E-state index contributed by atoms with van der Waals surface area (Å²) in [5.41, 5.74) is 1.02. The van der Waals surface area contributed by atoms with Gasteiger partial charge in [-0.05, 0) is 38.8 Å². The summed E-state index contributed by atoms with van der Waals surface area (Å²) in [5.74, 6) is 0. The van der Waals surface area contributed by atoms with Gasteiger partial charge in [-0.3, -0.25) is 10.1 Å². The molecule has 1 N–H and O–H groups in total. The zero-order valence-corrected chi connectivity index (χ0v) is 11.8. The van der Waals surface area contributed by atoms with Crippen LogP contribution in [-0.2, 0) is 0 Å². The largest absolute Gasteiger partial charge is 0.382 e.